The van der Waals surface area contributed by atoms with Crippen LogP contribution >= 0.6 is 0 Å². The zero-order chi connectivity index (χ0) is 15.1. The van der Waals surface area contributed by atoms with E-state index in [-0.39, 0.29) is 0 Å². The third kappa shape index (κ3) is 5.56. The van der Waals surface area contributed by atoms with Gasteiger partial charge in [-0.1, -0.05) is 46.0 Å². The van der Waals surface area contributed by atoms with E-state index in [1.54, 1.807) is 0 Å². The van der Waals surface area contributed by atoms with Gasteiger partial charge in [-0.2, -0.15) is 0 Å². The Labute approximate surface area is 133 Å². The normalized spacial score (nSPS) is 28.4. The molecule has 0 heterocycles. The van der Waals surface area contributed by atoms with Crippen molar-refractivity contribution in [2.45, 2.75) is 90.1 Å². The fourth-order valence-electron chi connectivity index (χ4n) is 4.53. The van der Waals surface area contributed by atoms with E-state index >= 15 is 0 Å². The summed E-state index contributed by atoms with van der Waals surface area (Å²) in [7, 11) is 2.34. The van der Waals surface area contributed by atoms with E-state index in [1.807, 2.05) is 0 Å². The Hall–Kier alpha value is -0.0800. The van der Waals surface area contributed by atoms with Crippen LogP contribution < -0.4 is 5.32 Å². The van der Waals surface area contributed by atoms with E-state index in [0.717, 1.165) is 23.9 Å². The molecule has 0 aromatic heterocycles. The minimum atomic E-state index is 0.790. The molecule has 21 heavy (non-hydrogen) atoms. The lowest BCUT2D eigenvalue weighted by Gasteiger charge is -2.35. The number of nitrogens with zero attached hydrogens (tertiary/aromatic N) is 1. The van der Waals surface area contributed by atoms with Gasteiger partial charge >= 0.3 is 0 Å². The van der Waals surface area contributed by atoms with Crippen LogP contribution in [0.15, 0.2) is 0 Å². The van der Waals surface area contributed by atoms with E-state index in [2.05, 4.69) is 31.1 Å². The van der Waals surface area contributed by atoms with E-state index in [1.165, 1.54) is 77.3 Å². The second-order valence-corrected chi connectivity index (χ2v) is 7.88. The van der Waals surface area contributed by atoms with Crippen molar-refractivity contribution >= 4 is 0 Å². The number of nitrogens with one attached hydrogen (secondary N) is 1. The summed E-state index contributed by atoms with van der Waals surface area (Å²) in [6, 6.07) is 1.66. The number of hydrogen-bond acceptors (Lipinski definition) is 2. The SMILES string of the molecule is CC(C)C1CCCCC1NCCCN(C)C1CCCCC1. The highest BCUT2D eigenvalue weighted by Gasteiger charge is 2.26. The lowest BCUT2D eigenvalue weighted by atomic mass is 9.78. The van der Waals surface area contributed by atoms with Crippen LogP contribution in [0.4, 0.5) is 0 Å². The molecular formula is C19H38N2. The summed E-state index contributed by atoms with van der Waals surface area (Å²) in [5.41, 5.74) is 0. The Morgan fingerprint density at radius 2 is 1.62 bits per heavy atom. The van der Waals surface area contributed by atoms with Crippen molar-refractivity contribution in [1.29, 1.82) is 0 Å². The van der Waals surface area contributed by atoms with Crippen LogP contribution in [0.1, 0.15) is 78.1 Å². The van der Waals surface area contributed by atoms with Gasteiger partial charge in [0.2, 0.25) is 0 Å². The molecule has 1 N–H and O–H groups in total. The molecule has 2 heteroatoms. The van der Waals surface area contributed by atoms with Crippen molar-refractivity contribution in [3.8, 4) is 0 Å². The molecule has 2 nitrogen and oxygen atoms in total. The molecule has 0 aromatic carbocycles. The largest absolute Gasteiger partial charge is 0.314 e. The standard InChI is InChI=1S/C19H38N2/c1-16(2)18-12-7-8-13-19(18)20-14-9-15-21(3)17-10-5-4-6-11-17/h16-20H,4-15H2,1-3H3. The van der Waals surface area contributed by atoms with Gasteiger partial charge in [-0.3, -0.25) is 0 Å². The van der Waals surface area contributed by atoms with Gasteiger partial charge in [-0.15, -0.1) is 0 Å². The molecule has 0 amide bonds. The Balaban J connectivity index is 1.61. The average Bonchev–Trinajstić information content (AvgIpc) is 2.52. The minimum Gasteiger partial charge on any atom is -0.314 e. The molecule has 0 aliphatic heterocycles. The highest BCUT2D eigenvalue weighted by Crippen LogP contribution is 2.30. The molecular weight excluding hydrogens is 256 g/mol. The van der Waals surface area contributed by atoms with Crippen LogP contribution in [0.3, 0.4) is 0 Å². The molecule has 0 saturated heterocycles. The van der Waals surface area contributed by atoms with E-state index in [4.69, 9.17) is 0 Å². The molecule has 2 saturated carbocycles. The van der Waals surface area contributed by atoms with Gasteiger partial charge in [0.05, 0.1) is 0 Å². The number of hydrogen-bond donors (Lipinski definition) is 1. The molecule has 2 unspecified atom stereocenters. The Morgan fingerprint density at radius 3 is 2.33 bits per heavy atom. The molecule has 2 atom stereocenters. The van der Waals surface area contributed by atoms with Crippen molar-refractivity contribution < 1.29 is 0 Å². The second kappa shape index (κ2) is 9.15. The van der Waals surface area contributed by atoms with Gasteiger partial charge in [-0.25, -0.2) is 0 Å². The van der Waals surface area contributed by atoms with E-state index in [9.17, 15) is 0 Å². The molecule has 124 valence electrons. The predicted octanol–water partition coefficient (Wildman–Crippen LogP) is 4.45. The maximum Gasteiger partial charge on any atom is 0.00977 e. The molecule has 2 aliphatic rings. The highest BCUT2D eigenvalue weighted by molar-refractivity contribution is 4.83. The third-order valence-corrected chi connectivity index (χ3v) is 5.97. The first-order valence-corrected chi connectivity index (χ1v) is 9.62. The third-order valence-electron chi connectivity index (χ3n) is 5.97. The Kier molecular flexibility index (Phi) is 7.53. The summed E-state index contributed by atoms with van der Waals surface area (Å²) in [6.07, 6.45) is 14.3. The fraction of sp³-hybridized carbons (Fsp3) is 1.00. The summed E-state index contributed by atoms with van der Waals surface area (Å²) in [4.78, 5) is 2.63. The quantitative estimate of drug-likeness (QED) is 0.698. The summed E-state index contributed by atoms with van der Waals surface area (Å²) in [6.45, 7) is 7.30. The predicted molar refractivity (Wildman–Crippen MR) is 92.7 cm³/mol. The van der Waals surface area contributed by atoms with Gasteiger partial charge in [0, 0.05) is 12.1 Å². The monoisotopic (exact) mass is 294 g/mol. The highest BCUT2D eigenvalue weighted by atomic mass is 15.1. The number of rotatable bonds is 7. The average molecular weight is 295 g/mol. The van der Waals surface area contributed by atoms with Crippen molar-refractivity contribution in [1.82, 2.24) is 10.2 Å². The first-order valence-electron chi connectivity index (χ1n) is 9.62. The maximum atomic E-state index is 3.88. The van der Waals surface area contributed by atoms with Crippen molar-refractivity contribution in [2.24, 2.45) is 11.8 Å². The summed E-state index contributed by atoms with van der Waals surface area (Å²) >= 11 is 0. The van der Waals surface area contributed by atoms with Gasteiger partial charge in [0.25, 0.3) is 0 Å². The van der Waals surface area contributed by atoms with Crippen LogP contribution in [0, 0.1) is 11.8 Å². The lowest BCUT2D eigenvalue weighted by molar-refractivity contribution is 0.180. The minimum absolute atomic E-state index is 0.790. The topological polar surface area (TPSA) is 15.3 Å². The summed E-state index contributed by atoms with van der Waals surface area (Å²) < 4.78 is 0. The van der Waals surface area contributed by atoms with Gasteiger partial charge in [0.1, 0.15) is 0 Å². The zero-order valence-electron chi connectivity index (χ0n) is 14.7. The first kappa shape index (κ1) is 17.3. The molecule has 0 radical (unpaired) electrons. The molecule has 2 rings (SSSR count). The Morgan fingerprint density at radius 1 is 0.952 bits per heavy atom. The summed E-state index contributed by atoms with van der Waals surface area (Å²) in [5, 5.41) is 3.88. The smallest absolute Gasteiger partial charge is 0.00977 e. The molecule has 0 aromatic rings. The Bertz CT molecular complexity index is 271. The van der Waals surface area contributed by atoms with E-state index in [0.29, 0.717) is 0 Å². The molecule has 2 fully saturated rings. The van der Waals surface area contributed by atoms with Crippen molar-refractivity contribution in [2.75, 3.05) is 20.1 Å². The van der Waals surface area contributed by atoms with Gasteiger partial charge in [-0.05, 0) is 64.1 Å². The van der Waals surface area contributed by atoms with Gasteiger partial charge < -0.3 is 10.2 Å². The van der Waals surface area contributed by atoms with Crippen LogP contribution in [0.25, 0.3) is 0 Å². The molecule has 0 bridgehead atoms. The van der Waals surface area contributed by atoms with Gasteiger partial charge in [0.15, 0.2) is 0 Å². The first-order chi connectivity index (χ1) is 10.2. The summed E-state index contributed by atoms with van der Waals surface area (Å²) in [5.74, 6) is 1.75. The van der Waals surface area contributed by atoms with Crippen molar-refractivity contribution in [3.63, 3.8) is 0 Å². The molecule has 2 aliphatic carbocycles. The van der Waals surface area contributed by atoms with Crippen LogP contribution in [-0.4, -0.2) is 37.1 Å². The maximum absolute atomic E-state index is 3.88. The second-order valence-electron chi connectivity index (χ2n) is 7.88. The fourth-order valence-corrected chi connectivity index (χ4v) is 4.53. The van der Waals surface area contributed by atoms with Crippen molar-refractivity contribution in [3.05, 3.63) is 0 Å². The lowest BCUT2D eigenvalue weighted by Crippen LogP contribution is -2.42. The van der Waals surface area contributed by atoms with Crippen LogP contribution in [-0.2, 0) is 0 Å². The van der Waals surface area contributed by atoms with E-state index < -0.39 is 0 Å². The van der Waals surface area contributed by atoms with Crippen LogP contribution in [0.5, 0.6) is 0 Å². The zero-order valence-corrected chi connectivity index (χ0v) is 14.7. The molecule has 0 spiro atoms. The van der Waals surface area contributed by atoms with Crippen LogP contribution in [0.2, 0.25) is 0 Å².